The predicted octanol–water partition coefficient (Wildman–Crippen LogP) is 2.79. The highest BCUT2D eigenvalue weighted by atomic mass is 35.5. The second kappa shape index (κ2) is 4.49. The van der Waals surface area contributed by atoms with Crippen LogP contribution in [0.25, 0.3) is 0 Å². The van der Waals surface area contributed by atoms with E-state index in [1.807, 2.05) is 6.92 Å². The molecule has 0 aliphatic carbocycles. The Bertz CT molecular complexity index is 286. The van der Waals surface area contributed by atoms with Gasteiger partial charge in [-0.15, -0.1) is 0 Å². The zero-order valence-corrected chi connectivity index (χ0v) is 8.51. The van der Waals surface area contributed by atoms with Gasteiger partial charge in [0.15, 0.2) is 0 Å². The molecule has 1 unspecified atom stereocenters. The van der Waals surface area contributed by atoms with Gasteiger partial charge in [-0.2, -0.15) is 0 Å². The number of hydrogen-bond donors (Lipinski definition) is 1. The SMILES string of the molecule is CCC(O)c1ccc(Cl)cc1OC. The summed E-state index contributed by atoms with van der Waals surface area (Å²) < 4.78 is 5.10. The Morgan fingerprint density at radius 2 is 2.23 bits per heavy atom. The summed E-state index contributed by atoms with van der Waals surface area (Å²) in [6.45, 7) is 1.92. The normalized spacial score (nSPS) is 12.6. The molecule has 72 valence electrons. The highest BCUT2D eigenvalue weighted by Gasteiger charge is 2.10. The van der Waals surface area contributed by atoms with Crippen molar-refractivity contribution in [3.63, 3.8) is 0 Å². The predicted molar refractivity (Wildman–Crippen MR) is 53.3 cm³/mol. The molecular weight excluding hydrogens is 188 g/mol. The van der Waals surface area contributed by atoms with E-state index < -0.39 is 6.10 Å². The lowest BCUT2D eigenvalue weighted by molar-refractivity contribution is 0.169. The van der Waals surface area contributed by atoms with Gasteiger partial charge >= 0.3 is 0 Å². The van der Waals surface area contributed by atoms with Gasteiger partial charge in [-0.25, -0.2) is 0 Å². The van der Waals surface area contributed by atoms with E-state index in [2.05, 4.69) is 0 Å². The van der Waals surface area contributed by atoms with E-state index in [1.165, 1.54) is 0 Å². The zero-order chi connectivity index (χ0) is 9.84. The fourth-order valence-electron chi connectivity index (χ4n) is 1.18. The molecule has 0 bridgehead atoms. The third kappa shape index (κ3) is 2.36. The number of aliphatic hydroxyl groups excluding tert-OH is 1. The molecule has 1 aromatic rings. The Labute approximate surface area is 83.1 Å². The van der Waals surface area contributed by atoms with Crippen molar-refractivity contribution in [2.45, 2.75) is 19.4 Å². The topological polar surface area (TPSA) is 29.5 Å². The molecule has 0 saturated heterocycles. The van der Waals surface area contributed by atoms with Gasteiger partial charge in [0.05, 0.1) is 13.2 Å². The molecule has 13 heavy (non-hydrogen) atoms. The molecule has 1 atom stereocenters. The minimum atomic E-state index is -0.479. The largest absolute Gasteiger partial charge is 0.496 e. The number of hydrogen-bond acceptors (Lipinski definition) is 2. The zero-order valence-electron chi connectivity index (χ0n) is 7.75. The molecule has 0 amide bonds. The Morgan fingerprint density at radius 1 is 1.54 bits per heavy atom. The van der Waals surface area contributed by atoms with Crippen LogP contribution in [0, 0.1) is 0 Å². The summed E-state index contributed by atoms with van der Waals surface area (Å²) >= 11 is 5.78. The third-order valence-corrected chi connectivity index (χ3v) is 2.18. The first-order chi connectivity index (χ1) is 6.19. The van der Waals surface area contributed by atoms with Crippen LogP contribution < -0.4 is 4.74 Å². The summed E-state index contributed by atoms with van der Waals surface area (Å²) in [5, 5.41) is 10.2. The molecule has 0 heterocycles. The van der Waals surface area contributed by atoms with Crippen molar-refractivity contribution >= 4 is 11.6 Å². The average molecular weight is 201 g/mol. The van der Waals surface area contributed by atoms with Crippen molar-refractivity contribution in [2.75, 3.05) is 7.11 Å². The van der Waals surface area contributed by atoms with Gasteiger partial charge in [-0.05, 0) is 18.6 Å². The quantitative estimate of drug-likeness (QED) is 0.813. The monoisotopic (exact) mass is 200 g/mol. The average Bonchev–Trinajstić information content (AvgIpc) is 2.16. The molecule has 0 aliphatic heterocycles. The molecule has 1 N–H and O–H groups in total. The van der Waals surface area contributed by atoms with E-state index in [9.17, 15) is 5.11 Å². The number of ether oxygens (including phenoxy) is 1. The Balaban J connectivity index is 3.05. The number of benzene rings is 1. The summed E-state index contributed by atoms with van der Waals surface area (Å²) in [5.41, 5.74) is 0.786. The first kappa shape index (κ1) is 10.4. The second-order valence-electron chi connectivity index (χ2n) is 2.81. The molecule has 1 aromatic carbocycles. The Kier molecular flexibility index (Phi) is 3.58. The van der Waals surface area contributed by atoms with Crippen molar-refractivity contribution in [1.29, 1.82) is 0 Å². The maximum atomic E-state index is 9.61. The van der Waals surface area contributed by atoms with Crippen molar-refractivity contribution in [1.82, 2.24) is 0 Å². The summed E-state index contributed by atoms with van der Waals surface area (Å²) in [6.07, 6.45) is 0.185. The first-order valence-corrected chi connectivity index (χ1v) is 4.58. The first-order valence-electron chi connectivity index (χ1n) is 4.20. The van der Waals surface area contributed by atoms with Crippen molar-refractivity contribution in [3.05, 3.63) is 28.8 Å². The molecule has 1 rings (SSSR count). The molecule has 0 aliphatic rings. The Hall–Kier alpha value is -0.730. The van der Waals surface area contributed by atoms with Gasteiger partial charge in [0.2, 0.25) is 0 Å². The van der Waals surface area contributed by atoms with Gasteiger partial charge in [-0.1, -0.05) is 24.6 Å². The number of halogens is 1. The molecule has 0 spiro atoms. The van der Waals surface area contributed by atoms with Gasteiger partial charge in [0.25, 0.3) is 0 Å². The van der Waals surface area contributed by atoms with Crippen LogP contribution in [0.3, 0.4) is 0 Å². The lowest BCUT2D eigenvalue weighted by Gasteiger charge is -2.12. The van der Waals surface area contributed by atoms with Crippen LogP contribution in [0.2, 0.25) is 5.02 Å². The van der Waals surface area contributed by atoms with E-state index in [1.54, 1.807) is 25.3 Å². The number of aliphatic hydroxyl groups is 1. The van der Waals surface area contributed by atoms with Crippen molar-refractivity contribution < 1.29 is 9.84 Å². The molecule has 0 radical (unpaired) electrons. The van der Waals surface area contributed by atoms with E-state index >= 15 is 0 Å². The minimum Gasteiger partial charge on any atom is -0.496 e. The maximum absolute atomic E-state index is 9.61. The molecular formula is C10H13ClO2. The van der Waals surface area contributed by atoms with Gasteiger partial charge < -0.3 is 9.84 Å². The van der Waals surface area contributed by atoms with Crippen molar-refractivity contribution in [2.24, 2.45) is 0 Å². The van der Waals surface area contributed by atoms with Crippen LogP contribution in [-0.4, -0.2) is 12.2 Å². The lowest BCUT2D eigenvalue weighted by atomic mass is 10.1. The van der Waals surface area contributed by atoms with Gasteiger partial charge in [-0.3, -0.25) is 0 Å². The van der Waals surface area contributed by atoms with Crippen LogP contribution in [-0.2, 0) is 0 Å². The number of rotatable bonds is 3. The van der Waals surface area contributed by atoms with Crippen LogP contribution in [0.4, 0.5) is 0 Å². The van der Waals surface area contributed by atoms with E-state index in [4.69, 9.17) is 16.3 Å². The van der Waals surface area contributed by atoms with Crippen molar-refractivity contribution in [3.8, 4) is 5.75 Å². The second-order valence-corrected chi connectivity index (χ2v) is 3.25. The smallest absolute Gasteiger partial charge is 0.126 e. The van der Waals surface area contributed by atoms with Gasteiger partial charge in [0.1, 0.15) is 5.75 Å². The summed E-state index contributed by atoms with van der Waals surface area (Å²) in [6, 6.07) is 5.24. The lowest BCUT2D eigenvalue weighted by Crippen LogP contribution is -1.98. The fourth-order valence-corrected chi connectivity index (χ4v) is 1.34. The summed E-state index contributed by atoms with van der Waals surface area (Å²) in [4.78, 5) is 0. The Morgan fingerprint density at radius 3 is 2.77 bits per heavy atom. The van der Waals surface area contributed by atoms with E-state index in [0.29, 0.717) is 17.2 Å². The molecule has 0 fully saturated rings. The molecule has 3 heteroatoms. The van der Waals surface area contributed by atoms with Crippen LogP contribution in [0.1, 0.15) is 25.0 Å². The van der Waals surface area contributed by atoms with Crippen LogP contribution in [0.15, 0.2) is 18.2 Å². The summed E-state index contributed by atoms with van der Waals surface area (Å²) in [5.74, 6) is 0.641. The molecule has 0 aromatic heterocycles. The standard InChI is InChI=1S/C10H13ClO2/c1-3-9(12)8-5-4-7(11)6-10(8)13-2/h4-6,9,12H,3H2,1-2H3. The molecule has 0 saturated carbocycles. The highest BCUT2D eigenvalue weighted by molar-refractivity contribution is 6.30. The van der Waals surface area contributed by atoms with E-state index in [0.717, 1.165) is 5.56 Å². The molecule has 2 nitrogen and oxygen atoms in total. The van der Waals surface area contributed by atoms with Crippen LogP contribution >= 0.6 is 11.6 Å². The van der Waals surface area contributed by atoms with Gasteiger partial charge in [0, 0.05) is 10.6 Å². The van der Waals surface area contributed by atoms with E-state index in [-0.39, 0.29) is 0 Å². The number of methoxy groups -OCH3 is 1. The highest BCUT2D eigenvalue weighted by Crippen LogP contribution is 2.29. The van der Waals surface area contributed by atoms with Crippen LogP contribution in [0.5, 0.6) is 5.75 Å². The third-order valence-electron chi connectivity index (χ3n) is 1.94. The summed E-state index contributed by atoms with van der Waals surface area (Å²) in [7, 11) is 1.57. The minimum absolute atomic E-state index is 0.479. The fraction of sp³-hybridized carbons (Fsp3) is 0.400. The maximum Gasteiger partial charge on any atom is 0.126 e.